The maximum absolute atomic E-state index is 13.1. The second-order valence-electron chi connectivity index (χ2n) is 4.76. The van der Waals surface area contributed by atoms with E-state index in [0.29, 0.717) is 25.3 Å². The van der Waals surface area contributed by atoms with Crippen LogP contribution in [0.2, 0.25) is 5.02 Å². The fourth-order valence-electron chi connectivity index (χ4n) is 1.94. The van der Waals surface area contributed by atoms with Crippen LogP contribution in [0.25, 0.3) is 0 Å². The van der Waals surface area contributed by atoms with E-state index in [1.54, 1.807) is 15.9 Å². The fourth-order valence-corrected chi connectivity index (χ4v) is 2.11. The number of nitrogens with zero attached hydrogens (tertiary/aromatic N) is 2. The molecule has 0 radical (unpaired) electrons. The molecule has 0 aromatic heterocycles. The summed E-state index contributed by atoms with van der Waals surface area (Å²) in [6.45, 7) is 5.86. The van der Waals surface area contributed by atoms with Crippen LogP contribution in [-0.2, 0) is 0 Å². The standard InChI is InChI=1S/C14H16ClFN2O/c1-10(2)5-6-17-7-8-18(14(17)19)11-3-4-13(16)12(15)9-11/h3-5,9H,6-8H2,1-2H3. The second-order valence-corrected chi connectivity index (χ2v) is 5.17. The van der Waals surface area contributed by atoms with Crippen molar-refractivity contribution in [3.8, 4) is 0 Å². The van der Waals surface area contributed by atoms with E-state index in [1.807, 2.05) is 19.9 Å². The lowest BCUT2D eigenvalue weighted by Crippen LogP contribution is -2.32. The van der Waals surface area contributed by atoms with Gasteiger partial charge in [-0.05, 0) is 32.0 Å². The van der Waals surface area contributed by atoms with E-state index in [1.165, 1.54) is 17.7 Å². The predicted molar refractivity (Wildman–Crippen MR) is 75.2 cm³/mol. The molecule has 0 saturated carbocycles. The summed E-state index contributed by atoms with van der Waals surface area (Å²) in [5.74, 6) is -0.474. The second kappa shape index (κ2) is 5.61. The Bertz CT molecular complexity index is 526. The number of amides is 2. The molecule has 1 aliphatic heterocycles. The highest BCUT2D eigenvalue weighted by Crippen LogP contribution is 2.25. The van der Waals surface area contributed by atoms with Crippen molar-refractivity contribution in [3.63, 3.8) is 0 Å². The lowest BCUT2D eigenvalue weighted by Gasteiger charge is -2.18. The molecule has 1 fully saturated rings. The summed E-state index contributed by atoms with van der Waals surface area (Å²) in [4.78, 5) is 15.6. The lowest BCUT2D eigenvalue weighted by molar-refractivity contribution is 0.225. The third kappa shape index (κ3) is 3.07. The minimum atomic E-state index is -0.474. The zero-order valence-corrected chi connectivity index (χ0v) is 11.7. The van der Waals surface area contributed by atoms with Gasteiger partial charge in [0.2, 0.25) is 0 Å². The fraction of sp³-hybridized carbons (Fsp3) is 0.357. The minimum absolute atomic E-state index is 0.0352. The van der Waals surface area contributed by atoms with Crippen molar-refractivity contribution in [2.75, 3.05) is 24.5 Å². The van der Waals surface area contributed by atoms with Gasteiger partial charge in [-0.15, -0.1) is 0 Å². The number of anilines is 1. The highest BCUT2D eigenvalue weighted by atomic mass is 35.5. The molecule has 102 valence electrons. The lowest BCUT2D eigenvalue weighted by atomic mass is 10.3. The molecule has 0 aliphatic carbocycles. The molecule has 1 saturated heterocycles. The third-order valence-electron chi connectivity index (χ3n) is 3.03. The van der Waals surface area contributed by atoms with Crippen molar-refractivity contribution in [1.29, 1.82) is 0 Å². The largest absolute Gasteiger partial charge is 0.324 e. The molecular formula is C14H16ClFN2O. The van der Waals surface area contributed by atoms with E-state index < -0.39 is 5.82 Å². The Morgan fingerprint density at radius 3 is 2.79 bits per heavy atom. The van der Waals surface area contributed by atoms with Crippen LogP contribution in [0.4, 0.5) is 14.9 Å². The van der Waals surface area contributed by atoms with Crippen LogP contribution in [0.3, 0.4) is 0 Å². The number of carbonyl (C=O) groups excluding carboxylic acids is 1. The molecule has 19 heavy (non-hydrogen) atoms. The number of carbonyl (C=O) groups is 1. The first-order chi connectivity index (χ1) is 8.99. The van der Waals surface area contributed by atoms with Crippen molar-refractivity contribution < 1.29 is 9.18 Å². The van der Waals surface area contributed by atoms with Crippen LogP contribution in [-0.4, -0.2) is 30.6 Å². The summed E-state index contributed by atoms with van der Waals surface area (Å²) in [5, 5.41) is 0.0352. The molecule has 1 aromatic rings. The van der Waals surface area contributed by atoms with Gasteiger partial charge >= 0.3 is 6.03 Å². The monoisotopic (exact) mass is 282 g/mol. The van der Waals surface area contributed by atoms with Crippen molar-refractivity contribution >= 4 is 23.3 Å². The van der Waals surface area contributed by atoms with Crippen molar-refractivity contribution in [2.45, 2.75) is 13.8 Å². The summed E-state index contributed by atoms with van der Waals surface area (Å²) >= 11 is 5.74. The van der Waals surface area contributed by atoms with E-state index in [4.69, 9.17) is 11.6 Å². The zero-order chi connectivity index (χ0) is 14.0. The van der Waals surface area contributed by atoms with Gasteiger partial charge in [0.05, 0.1) is 5.02 Å². The highest BCUT2D eigenvalue weighted by molar-refractivity contribution is 6.31. The topological polar surface area (TPSA) is 23.6 Å². The van der Waals surface area contributed by atoms with Crippen molar-refractivity contribution in [2.24, 2.45) is 0 Å². The first-order valence-corrected chi connectivity index (χ1v) is 6.51. The average molecular weight is 283 g/mol. The van der Waals surface area contributed by atoms with Crippen molar-refractivity contribution in [1.82, 2.24) is 4.90 Å². The molecule has 5 heteroatoms. The molecular weight excluding hydrogens is 267 g/mol. The van der Waals surface area contributed by atoms with Crippen LogP contribution in [0.5, 0.6) is 0 Å². The van der Waals surface area contributed by atoms with Gasteiger partial charge < -0.3 is 4.90 Å². The number of hydrogen-bond acceptors (Lipinski definition) is 1. The molecule has 0 bridgehead atoms. The maximum Gasteiger partial charge on any atom is 0.324 e. The van der Waals surface area contributed by atoms with Gasteiger partial charge in [-0.2, -0.15) is 0 Å². The molecule has 1 aliphatic rings. The van der Waals surface area contributed by atoms with Gasteiger partial charge in [0.25, 0.3) is 0 Å². The number of halogens is 2. The Balaban J connectivity index is 2.13. The summed E-state index contributed by atoms with van der Waals surface area (Å²) in [5.41, 5.74) is 1.81. The number of allylic oxidation sites excluding steroid dienone is 1. The van der Waals surface area contributed by atoms with Crippen LogP contribution in [0.1, 0.15) is 13.8 Å². The van der Waals surface area contributed by atoms with Gasteiger partial charge in [-0.25, -0.2) is 9.18 Å². The van der Waals surface area contributed by atoms with Gasteiger partial charge in [0.1, 0.15) is 5.82 Å². The predicted octanol–water partition coefficient (Wildman–Crippen LogP) is 3.69. The van der Waals surface area contributed by atoms with E-state index in [0.717, 1.165) is 0 Å². The molecule has 0 atom stereocenters. The number of benzene rings is 1. The van der Waals surface area contributed by atoms with Crippen LogP contribution >= 0.6 is 11.6 Å². The SMILES string of the molecule is CC(C)=CCN1CCN(c2ccc(F)c(Cl)c2)C1=O. The average Bonchev–Trinajstić information content (AvgIpc) is 2.72. The minimum Gasteiger partial charge on any atom is -0.319 e. The first-order valence-electron chi connectivity index (χ1n) is 6.14. The number of urea groups is 1. The Labute approximate surface area is 117 Å². The van der Waals surface area contributed by atoms with E-state index in [9.17, 15) is 9.18 Å². The first kappa shape index (κ1) is 13.9. The molecule has 0 spiro atoms. The summed E-state index contributed by atoms with van der Waals surface area (Å²) in [6.07, 6.45) is 2.01. The van der Waals surface area contributed by atoms with Gasteiger partial charge in [0, 0.05) is 25.3 Å². The van der Waals surface area contributed by atoms with Crippen LogP contribution < -0.4 is 4.90 Å². The Morgan fingerprint density at radius 2 is 2.16 bits per heavy atom. The molecule has 3 nitrogen and oxygen atoms in total. The summed E-state index contributed by atoms with van der Waals surface area (Å²) in [7, 11) is 0. The van der Waals surface area contributed by atoms with E-state index >= 15 is 0 Å². The van der Waals surface area contributed by atoms with E-state index in [2.05, 4.69) is 0 Å². The number of hydrogen-bond donors (Lipinski definition) is 0. The van der Waals surface area contributed by atoms with Crippen LogP contribution in [0.15, 0.2) is 29.8 Å². The molecule has 1 heterocycles. The normalized spacial score (nSPS) is 15.1. The quantitative estimate of drug-likeness (QED) is 0.776. The highest BCUT2D eigenvalue weighted by Gasteiger charge is 2.28. The zero-order valence-electron chi connectivity index (χ0n) is 11.0. The van der Waals surface area contributed by atoms with Gasteiger partial charge in [-0.1, -0.05) is 23.3 Å². The Hall–Kier alpha value is -1.55. The summed E-state index contributed by atoms with van der Waals surface area (Å²) in [6, 6.07) is 4.27. The summed E-state index contributed by atoms with van der Waals surface area (Å²) < 4.78 is 13.1. The number of rotatable bonds is 3. The smallest absolute Gasteiger partial charge is 0.319 e. The molecule has 0 N–H and O–H groups in total. The molecule has 0 unspecified atom stereocenters. The Morgan fingerprint density at radius 1 is 1.42 bits per heavy atom. The Kier molecular flexibility index (Phi) is 4.10. The van der Waals surface area contributed by atoms with Gasteiger partial charge in [0.15, 0.2) is 0 Å². The molecule has 2 amide bonds. The maximum atomic E-state index is 13.1. The van der Waals surface area contributed by atoms with Crippen LogP contribution in [0, 0.1) is 5.82 Å². The van der Waals surface area contributed by atoms with E-state index in [-0.39, 0.29) is 11.1 Å². The molecule has 1 aromatic carbocycles. The third-order valence-corrected chi connectivity index (χ3v) is 3.32. The van der Waals surface area contributed by atoms with Gasteiger partial charge in [-0.3, -0.25) is 4.90 Å². The van der Waals surface area contributed by atoms with Crippen molar-refractivity contribution in [3.05, 3.63) is 40.7 Å². The molecule has 2 rings (SSSR count).